The summed E-state index contributed by atoms with van der Waals surface area (Å²) < 4.78 is 111. The van der Waals surface area contributed by atoms with Crippen LogP contribution in [0, 0.1) is 34.3 Å². The zero-order valence-corrected chi connectivity index (χ0v) is 19.1. The summed E-state index contributed by atoms with van der Waals surface area (Å²) in [6.07, 6.45) is -8.08. The fourth-order valence-electron chi connectivity index (χ4n) is 3.80. The topological polar surface area (TPSA) is 87.4 Å². The molecule has 0 unspecified atom stereocenters. The van der Waals surface area contributed by atoms with Crippen molar-refractivity contribution in [3.63, 3.8) is 0 Å². The van der Waals surface area contributed by atoms with Gasteiger partial charge in [-0.25, -0.2) is 13.5 Å². The molecule has 2 heterocycles. The molecule has 198 valence electrons. The van der Waals surface area contributed by atoms with E-state index in [1.165, 1.54) is 12.1 Å². The standard InChI is InChI=1S/C25H11F8N5O/c26-16-3-1-14(21(27)5-16)11-37-22(7-20(25(31,32)33)18(9-35)23(37)39)15-10-36-38(12-15)17-4-2-13(8-34)19(6-17)24(28,29)30/h1-7,10,12H,11H2. The maximum atomic E-state index is 14.3. The third-order valence-corrected chi connectivity index (χ3v) is 5.63. The van der Waals surface area contributed by atoms with Crippen molar-refractivity contribution in [1.82, 2.24) is 14.3 Å². The maximum Gasteiger partial charge on any atom is 0.417 e. The summed E-state index contributed by atoms with van der Waals surface area (Å²) >= 11 is 0. The van der Waals surface area contributed by atoms with Gasteiger partial charge in [-0.15, -0.1) is 0 Å². The molecule has 0 amide bonds. The third kappa shape index (κ3) is 5.22. The van der Waals surface area contributed by atoms with Gasteiger partial charge in [-0.1, -0.05) is 6.07 Å². The Morgan fingerprint density at radius 1 is 0.872 bits per heavy atom. The van der Waals surface area contributed by atoms with Crippen LogP contribution in [0.1, 0.15) is 27.8 Å². The second-order valence-corrected chi connectivity index (χ2v) is 8.07. The van der Waals surface area contributed by atoms with E-state index in [0.717, 1.165) is 41.3 Å². The number of rotatable bonds is 4. The molecule has 0 saturated carbocycles. The van der Waals surface area contributed by atoms with E-state index in [0.29, 0.717) is 22.8 Å². The molecule has 2 aromatic heterocycles. The van der Waals surface area contributed by atoms with Crippen LogP contribution in [0.2, 0.25) is 0 Å². The molecular weight excluding hydrogens is 538 g/mol. The summed E-state index contributed by atoms with van der Waals surface area (Å²) in [6, 6.07) is 8.00. The monoisotopic (exact) mass is 549 g/mol. The molecule has 6 nitrogen and oxygen atoms in total. The van der Waals surface area contributed by atoms with Gasteiger partial charge in [-0.05, 0) is 30.3 Å². The Bertz CT molecular complexity index is 1740. The first-order chi connectivity index (χ1) is 18.2. The van der Waals surface area contributed by atoms with Crippen molar-refractivity contribution in [2.75, 3.05) is 0 Å². The van der Waals surface area contributed by atoms with Crippen molar-refractivity contribution in [3.05, 3.63) is 105 Å². The lowest BCUT2D eigenvalue weighted by Crippen LogP contribution is -2.29. The number of nitrogens with zero attached hydrogens (tertiary/aromatic N) is 5. The highest BCUT2D eigenvalue weighted by Crippen LogP contribution is 2.35. The van der Waals surface area contributed by atoms with Crippen LogP contribution in [0.5, 0.6) is 0 Å². The minimum absolute atomic E-state index is 0.206. The number of hydrogen-bond donors (Lipinski definition) is 0. The molecule has 0 aliphatic rings. The van der Waals surface area contributed by atoms with E-state index in [1.54, 1.807) is 0 Å². The first-order valence-corrected chi connectivity index (χ1v) is 10.6. The summed E-state index contributed by atoms with van der Waals surface area (Å²) in [5, 5.41) is 22.1. The van der Waals surface area contributed by atoms with Crippen molar-refractivity contribution in [3.8, 4) is 29.1 Å². The van der Waals surface area contributed by atoms with Gasteiger partial charge in [0.05, 0.1) is 46.9 Å². The van der Waals surface area contributed by atoms with Gasteiger partial charge in [0.1, 0.15) is 23.3 Å². The van der Waals surface area contributed by atoms with Gasteiger partial charge in [-0.2, -0.15) is 42.0 Å². The molecule has 0 aliphatic carbocycles. The highest BCUT2D eigenvalue weighted by Gasteiger charge is 2.37. The largest absolute Gasteiger partial charge is 0.417 e. The zero-order chi connectivity index (χ0) is 28.7. The molecule has 2 aromatic carbocycles. The quantitative estimate of drug-likeness (QED) is 0.301. The average Bonchev–Trinajstić information content (AvgIpc) is 3.35. The summed E-state index contributed by atoms with van der Waals surface area (Å²) in [7, 11) is 0. The predicted octanol–water partition coefficient (Wildman–Crippen LogP) is 5.81. The minimum Gasteiger partial charge on any atom is -0.302 e. The van der Waals surface area contributed by atoms with E-state index < -0.39 is 64.0 Å². The van der Waals surface area contributed by atoms with Crippen LogP contribution in [0.4, 0.5) is 35.1 Å². The average molecular weight is 549 g/mol. The third-order valence-electron chi connectivity index (χ3n) is 5.63. The van der Waals surface area contributed by atoms with E-state index in [9.17, 15) is 45.2 Å². The molecule has 0 spiro atoms. The number of alkyl halides is 6. The fraction of sp³-hybridized carbons (Fsp3) is 0.120. The molecule has 0 aliphatic heterocycles. The molecule has 0 radical (unpaired) electrons. The van der Waals surface area contributed by atoms with Gasteiger partial charge in [0, 0.05) is 23.4 Å². The van der Waals surface area contributed by atoms with Crippen LogP contribution in [-0.2, 0) is 18.9 Å². The lowest BCUT2D eigenvalue weighted by atomic mass is 10.1. The Morgan fingerprint density at radius 3 is 2.15 bits per heavy atom. The summed E-state index contributed by atoms with van der Waals surface area (Å²) in [6.45, 7) is -0.715. The Labute approximate surface area is 213 Å². The van der Waals surface area contributed by atoms with Crippen LogP contribution in [0.3, 0.4) is 0 Å². The zero-order valence-electron chi connectivity index (χ0n) is 19.1. The molecule has 0 fully saturated rings. The van der Waals surface area contributed by atoms with Crippen LogP contribution in [-0.4, -0.2) is 14.3 Å². The van der Waals surface area contributed by atoms with E-state index >= 15 is 0 Å². The Hall–Kier alpha value is -4.98. The molecule has 4 rings (SSSR count). The number of aromatic nitrogens is 3. The van der Waals surface area contributed by atoms with Crippen LogP contribution in [0.15, 0.2) is 59.7 Å². The summed E-state index contributed by atoms with van der Waals surface area (Å²) in [5.41, 5.74) is -7.45. The Morgan fingerprint density at radius 2 is 1.56 bits per heavy atom. The molecule has 39 heavy (non-hydrogen) atoms. The van der Waals surface area contributed by atoms with Gasteiger partial charge in [-0.3, -0.25) is 4.79 Å². The lowest BCUT2D eigenvalue weighted by molar-refractivity contribution is -0.138. The van der Waals surface area contributed by atoms with Gasteiger partial charge in [0.25, 0.3) is 5.56 Å². The van der Waals surface area contributed by atoms with Crippen LogP contribution >= 0.6 is 0 Å². The number of hydrogen-bond acceptors (Lipinski definition) is 4. The lowest BCUT2D eigenvalue weighted by Gasteiger charge is -2.17. The molecule has 4 aromatic rings. The minimum atomic E-state index is -5.15. The first kappa shape index (κ1) is 27.1. The van der Waals surface area contributed by atoms with Crippen molar-refractivity contribution in [2.45, 2.75) is 18.9 Å². The Kier molecular flexibility index (Phi) is 6.74. The second kappa shape index (κ2) is 9.72. The predicted molar refractivity (Wildman–Crippen MR) is 118 cm³/mol. The number of halogens is 8. The number of benzene rings is 2. The van der Waals surface area contributed by atoms with Gasteiger partial charge >= 0.3 is 12.4 Å². The van der Waals surface area contributed by atoms with Crippen molar-refractivity contribution in [2.24, 2.45) is 0 Å². The molecule has 0 saturated heterocycles. The normalized spacial score (nSPS) is 11.7. The van der Waals surface area contributed by atoms with Crippen molar-refractivity contribution < 1.29 is 35.1 Å². The van der Waals surface area contributed by atoms with Gasteiger partial charge in [0.2, 0.25) is 0 Å². The number of pyridine rings is 1. The highest BCUT2D eigenvalue weighted by atomic mass is 19.4. The summed E-state index contributed by atoms with van der Waals surface area (Å²) in [5.74, 6) is -2.06. The molecule has 14 heteroatoms. The van der Waals surface area contributed by atoms with E-state index in [2.05, 4.69) is 5.10 Å². The van der Waals surface area contributed by atoms with E-state index in [-0.39, 0.29) is 16.8 Å². The SMILES string of the molecule is N#Cc1ccc(-n2cc(-c3cc(C(F)(F)F)c(C#N)c(=O)n3Cc3ccc(F)cc3F)cn2)cc1C(F)(F)F. The number of nitriles is 2. The molecule has 0 N–H and O–H groups in total. The summed E-state index contributed by atoms with van der Waals surface area (Å²) in [4.78, 5) is 13.0. The van der Waals surface area contributed by atoms with Crippen molar-refractivity contribution in [1.29, 1.82) is 10.5 Å². The van der Waals surface area contributed by atoms with Crippen LogP contribution in [0.25, 0.3) is 16.9 Å². The molecule has 0 bridgehead atoms. The van der Waals surface area contributed by atoms with E-state index in [1.807, 2.05) is 0 Å². The first-order valence-electron chi connectivity index (χ1n) is 10.6. The second-order valence-electron chi connectivity index (χ2n) is 8.07. The molecule has 0 atom stereocenters. The fourth-order valence-corrected chi connectivity index (χ4v) is 3.80. The molecular formula is C25H11F8N5O. The smallest absolute Gasteiger partial charge is 0.302 e. The van der Waals surface area contributed by atoms with Gasteiger partial charge in [0.15, 0.2) is 0 Å². The van der Waals surface area contributed by atoms with Gasteiger partial charge < -0.3 is 4.57 Å². The van der Waals surface area contributed by atoms with E-state index in [4.69, 9.17) is 5.26 Å². The van der Waals surface area contributed by atoms with Crippen molar-refractivity contribution >= 4 is 0 Å². The highest BCUT2D eigenvalue weighted by molar-refractivity contribution is 5.62. The maximum absolute atomic E-state index is 14.3. The van der Waals surface area contributed by atoms with Crippen LogP contribution < -0.4 is 5.56 Å². The Balaban J connectivity index is 1.93.